The molecule has 0 aromatic carbocycles. The van der Waals surface area contributed by atoms with Gasteiger partial charge in [0.25, 0.3) is 0 Å². The van der Waals surface area contributed by atoms with Gasteiger partial charge in [0.05, 0.1) is 15.5 Å². The standard InChI is InChI=1S/C10H13NO3S2/c1-3-5-7(12)11-6(9(13)14)10(15-4-2)16-8(5)11/h5,8H,3-4H2,1-2H3,(H,13,14)/t5-,8+/m0/s1. The Bertz CT molecular complexity index is 380. The predicted molar refractivity (Wildman–Crippen MR) is 64.8 cm³/mol. The molecular formula is C10H13NO3S2. The number of β-lactam (4-membered cyclic amide) rings is 1. The first-order valence-corrected chi connectivity index (χ1v) is 7.08. The second-order valence-electron chi connectivity index (χ2n) is 3.61. The smallest absolute Gasteiger partial charge is 0.354 e. The summed E-state index contributed by atoms with van der Waals surface area (Å²) in [4.78, 5) is 24.3. The number of carboxylic acid groups (broad SMARTS) is 1. The van der Waals surface area contributed by atoms with E-state index < -0.39 is 5.97 Å². The van der Waals surface area contributed by atoms with Gasteiger partial charge in [0, 0.05) is 0 Å². The highest BCUT2D eigenvalue weighted by Crippen LogP contribution is 2.53. The average Bonchev–Trinajstić information content (AvgIpc) is 2.55. The molecule has 1 saturated heterocycles. The maximum absolute atomic E-state index is 11.7. The third kappa shape index (κ3) is 1.55. The number of fused-ring (bicyclic) bond motifs is 1. The molecule has 2 heterocycles. The molecule has 0 radical (unpaired) electrons. The maximum atomic E-state index is 11.7. The Balaban J connectivity index is 2.26. The molecule has 16 heavy (non-hydrogen) atoms. The van der Waals surface area contributed by atoms with E-state index >= 15 is 0 Å². The number of amides is 1. The molecule has 6 heteroatoms. The number of hydrogen-bond donors (Lipinski definition) is 1. The zero-order chi connectivity index (χ0) is 11.9. The van der Waals surface area contributed by atoms with Crippen LogP contribution in [-0.2, 0) is 9.59 Å². The quantitative estimate of drug-likeness (QED) is 0.782. The Hall–Kier alpha value is -0.620. The summed E-state index contributed by atoms with van der Waals surface area (Å²) in [5.74, 6) is -0.211. The zero-order valence-corrected chi connectivity index (χ0v) is 10.7. The van der Waals surface area contributed by atoms with Gasteiger partial charge in [0.15, 0.2) is 5.70 Å². The molecule has 2 aliphatic heterocycles. The minimum Gasteiger partial charge on any atom is -0.477 e. The minimum atomic E-state index is -0.992. The van der Waals surface area contributed by atoms with E-state index in [1.54, 1.807) is 0 Å². The Morgan fingerprint density at radius 1 is 1.56 bits per heavy atom. The van der Waals surface area contributed by atoms with Gasteiger partial charge < -0.3 is 5.11 Å². The lowest BCUT2D eigenvalue weighted by atomic mass is 9.95. The zero-order valence-electron chi connectivity index (χ0n) is 9.10. The highest BCUT2D eigenvalue weighted by Gasteiger charge is 2.55. The van der Waals surface area contributed by atoms with Gasteiger partial charge >= 0.3 is 5.97 Å². The van der Waals surface area contributed by atoms with Crippen LogP contribution >= 0.6 is 23.5 Å². The molecule has 2 rings (SSSR count). The molecule has 2 aliphatic rings. The van der Waals surface area contributed by atoms with Crippen molar-refractivity contribution >= 4 is 35.4 Å². The first kappa shape index (κ1) is 11.9. The third-order valence-corrected chi connectivity index (χ3v) is 5.31. The van der Waals surface area contributed by atoms with Crippen molar-refractivity contribution in [2.45, 2.75) is 25.6 Å². The summed E-state index contributed by atoms with van der Waals surface area (Å²) in [7, 11) is 0. The van der Waals surface area contributed by atoms with Crippen molar-refractivity contribution < 1.29 is 14.7 Å². The predicted octanol–water partition coefficient (Wildman–Crippen LogP) is 1.93. The van der Waals surface area contributed by atoms with Gasteiger partial charge in [0.1, 0.15) is 0 Å². The van der Waals surface area contributed by atoms with E-state index in [1.165, 1.54) is 28.4 Å². The number of carboxylic acids is 1. The van der Waals surface area contributed by atoms with Crippen LogP contribution in [0, 0.1) is 5.92 Å². The number of thioether (sulfide) groups is 2. The van der Waals surface area contributed by atoms with Crippen LogP contribution in [0.15, 0.2) is 9.93 Å². The molecule has 0 aromatic heterocycles. The van der Waals surface area contributed by atoms with E-state index in [0.717, 1.165) is 16.4 Å². The Kier molecular flexibility index (Phi) is 3.21. The summed E-state index contributed by atoms with van der Waals surface area (Å²) in [5, 5.41) is 9.16. The Morgan fingerprint density at radius 3 is 2.75 bits per heavy atom. The van der Waals surface area contributed by atoms with E-state index in [4.69, 9.17) is 5.11 Å². The van der Waals surface area contributed by atoms with Crippen LogP contribution in [0.3, 0.4) is 0 Å². The molecule has 0 spiro atoms. The fraction of sp³-hybridized carbons (Fsp3) is 0.600. The van der Waals surface area contributed by atoms with Gasteiger partial charge in [-0.3, -0.25) is 9.69 Å². The van der Waals surface area contributed by atoms with Gasteiger partial charge in [-0.1, -0.05) is 25.6 Å². The molecule has 0 bridgehead atoms. The van der Waals surface area contributed by atoms with Crippen LogP contribution in [0.25, 0.3) is 0 Å². The number of nitrogens with zero attached hydrogens (tertiary/aromatic N) is 1. The van der Waals surface area contributed by atoms with E-state index in [1.807, 2.05) is 13.8 Å². The van der Waals surface area contributed by atoms with Crippen molar-refractivity contribution in [1.82, 2.24) is 4.90 Å². The largest absolute Gasteiger partial charge is 0.477 e. The second-order valence-corrected chi connectivity index (χ2v) is 6.27. The fourth-order valence-electron chi connectivity index (χ4n) is 1.96. The summed E-state index contributed by atoms with van der Waals surface area (Å²) in [6.45, 7) is 3.94. The van der Waals surface area contributed by atoms with E-state index in [9.17, 15) is 9.59 Å². The first-order valence-electron chi connectivity index (χ1n) is 5.21. The highest BCUT2D eigenvalue weighted by atomic mass is 32.2. The van der Waals surface area contributed by atoms with Crippen molar-refractivity contribution in [1.29, 1.82) is 0 Å². The third-order valence-electron chi connectivity index (χ3n) is 2.73. The number of aliphatic carboxylic acids is 1. The summed E-state index contributed by atoms with van der Waals surface area (Å²) >= 11 is 3.03. The monoisotopic (exact) mass is 259 g/mol. The van der Waals surface area contributed by atoms with Crippen molar-refractivity contribution in [2.24, 2.45) is 5.92 Å². The molecule has 1 N–H and O–H groups in total. The molecule has 0 unspecified atom stereocenters. The van der Waals surface area contributed by atoms with Crippen LogP contribution in [0.4, 0.5) is 0 Å². The van der Waals surface area contributed by atoms with Gasteiger partial charge in [-0.25, -0.2) is 4.79 Å². The molecule has 0 aromatic rings. The van der Waals surface area contributed by atoms with Crippen LogP contribution in [0.1, 0.15) is 20.3 Å². The Morgan fingerprint density at radius 2 is 2.25 bits per heavy atom. The van der Waals surface area contributed by atoms with Crippen LogP contribution in [0.5, 0.6) is 0 Å². The normalized spacial score (nSPS) is 28.1. The number of carbonyl (C=O) groups excluding carboxylic acids is 1. The Labute approximate surface area is 102 Å². The summed E-state index contributed by atoms with van der Waals surface area (Å²) < 4.78 is 0.782. The van der Waals surface area contributed by atoms with Crippen molar-refractivity contribution in [3.8, 4) is 0 Å². The molecule has 0 saturated carbocycles. The SMILES string of the molecule is CCSC1=C(C(=O)O)N2C(=O)[C@H](CC)[C@H]2S1. The lowest BCUT2D eigenvalue weighted by Gasteiger charge is -2.41. The van der Waals surface area contributed by atoms with Gasteiger partial charge in [0.2, 0.25) is 5.91 Å². The molecule has 1 amide bonds. The van der Waals surface area contributed by atoms with Crippen molar-refractivity contribution in [3.63, 3.8) is 0 Å². The van der Waals surface area contributed by atoms with Crippen molar-refractivity contribution in [2.75, 3.05) is 5.75 Å². The summed E-state index contributed by atoms with van der Waals surface area (Å²) in [6, 6.07) is 0. The summed E-state index contributed by atoms with van der Waals surface area (Å²) in [5.41, 5.74) is 0.191. The van der Waals surface area contributed by atoms with E-state index in [0.29, 0.717) is 0 Å². The van der Waals surface area contributed by atoms with E-state index in [-0.39, 0.29) is 22.9 Å². The molecule has 0 aliphatic carbocycles. The average molecular weight is 259 g/mol. The lowest BCUT2D eigenvalue weighted by molar-refractivity contribution is -0.151. The molecule has 4 nitrogen and oxygen atoms in total. The first-order chi connectivity index (χ1) is 7.61. The topological polar surface area (TPSA) is 57.6 Å². The number of hydrogen-bond acceptors (Lipinski definition) is 4. The van der Waals surface area contributed by atoms with Crippen molar-refractivity contribution in [3.05, 3.63) is 9.93 Å². The molecule has 2 atom stereocenters. The maximum Gasteiger partial charge on any atom is 0.354 e. The van der Waals surface area contributed by atoms with Gasteiger partial charge in [-0.2, -0.15) is 0 Å². The molecule has 88 valence electrons. The highest BCUT2D eigenvalue weighted by molar-refractivity contribution is 8.22. The van der Waals surface area contributed by atoms with Crippen LogP contribution in [-0.4, -0.2) is 33.0 Å². The number of rotatable bonds is 4. The summed E-state index contributed by atoms with van der Waals surface area (Å²) in [6.07, 6.45) is 0.782. The van der Waals surface area contributed by atoms with Crippen LogP contribution < -0.4 is 0 Å². The van der Waals surface area contributed by atoms with E-state index in [2.05, 4.69) is 0 Å². The fourth-order valence-corrected chi connectivity index (χ4v) is 4.77. The van der Waals surface area contributed by atoms with Gasteiger partial charge in [-0.05, 0) is 12.2 Å². The van der Waals surface area contributed by atoms with Crippen LogP contribution in [0.2, 0.25) is 0 Å². The second kappa shape index (κ2) is 4.33. The number of carbonyl (C=O) groups is 2. The molecule has 1 fully saturated rings. The van der Waals surface area contributed by atoms with Gasteiger partial charge in [-0.15, -0.1) is 11.8 Å². The minimum absolute atomic E-state index is 0.00527. The molecular weight excluding hydrogens is 246 g/mol. The lowest BCUT2D eigenvalue weighted by Crippen LogP contribution is -2.56.